The van der Waals surface area contributed by atoms with E-state index in [0.717, 1.165) is 24.1 Å². The van der Waals surface area contributed by atoms with Gasteiger partial charge in [-0.25, -0.2) is 0 Å². The van der Waals surface area contributed by atoms with Crippen LogP contribution in [0.4, 0.5) is 5.69 Å². The van der Waals surface area contributed by atoms with Crippen LogP contribution >= 0.6 is 0 Å². The van der Waals surface area contributed by atoms with Gasteiger partial charge in [0, 0.05) is 24.2 Å². The average molecular weight is 333 g/mol. The van der Waals surface area contributed by atoms with Crippen LogP contribution in [0.2, 0.25) is 0 Å². The Bertz CT molecular complexity index is 570. The Morgan fingerprint density at radius 3 is 2.29 bits per heavy atom. The lowest BCUT2D eigenvalue weighted by Crippen LogP contribution is -2.52. The van der Waals surface area contributed by atoms with Crippen LogP contribution < -0.4 is 16.4 Å². The summed E-state index contributed by atoms with van der Waals surface area (Å²) in [5.74, 6) is 0.166. The smallest absolute Gasteiger partial charge is 0.251 e. The maximum atomic E-state index is 12.5. The first-order valence-electron chi connectivity index (χ1n) is 8.70. The van der Waals surface area contributed by atoms with Gasteiger partial charge in [0.15, 0.2) is 0 Å². The zero-order valence-electron chi connectivity index (χ0n) is 15.5. The number of hydrogen-bond donors (Lipinski definition) is 3. The third kappa shape index (κ3) is 5.34. The molecule has 0 saturated heterocycles. The van der Waals surface area contributed by atoms with Gasteiger partial charge in [-0.1, -0.05) is 27.7 Å². The number of benzene rings is 1. The fourth-order valence-corrected chi connectivity index (χ4v) is 2.60. The van der Waals surface area contributed by atoms with E-state index in [-0.39, 0.29) is 17.4 Å². The van der Waals surface area contributed by atoms with E-state index < -0.39 is 0 Å². The second kappa shape index (κ2) is 8.83. The molecule has 24 heavy (non-hydrogen) atoms. The number of hydrogen-bond acceptors (Lipinski definition) is 3. The van der Waals surface area contributed by atoms with Crippen molar-refractivity contribution in [2.24, 2.45) is 11.7 Å². The SMILES string of the molecule is CCC(CC)(CN)NC(=O)c1ccc(NC(=O)CC(C)C)c(C)c1. The Labute approximate surface area is 145 Å². The first kappa shape index (κ1) is 20.2. The van der Waals surface area contributed by atoms with Gasteiger partial charge in [0.25, 0.3) is 5.91 Å². The highest BCUT2D eigenvalue weighted by Crippen LogP contribution is 2.19. The van der Waals surface area contributed by atoms with Gasteiger partial charge in [-0.2, -0.15) is 0 Å². The van der Waals surface area contributed by atoms with E-state index in [9.17, 15) is 9.59 Å². The molecule has 1 aromatic carbocycles. The number of carbonyl (C=O) groups excluding carboxylic acids is 2. The third-order valence-electron chi connectivity index (χ3n) is 4.48. The van der Waals surface area contributed by atoms with Gasteiger partial charge in [0.2, 0.25) is 5.91 Å². The van der Waals surface area contributed by atoms with Crippen LogP contribution in [0, 0.1) is 12.8 Å². The zero-order chi connectivity index (χ0) is 18.3. The predicted octanol–water partition coefficient (Wildman–Crippen LogP) is 3.23. The van der Waals surface area contributed by atoms with Crippen LogP contribution in [0.25, 0.3) is 0 Å². The summed E-state index contributed by atoms with van der Waals surface area (Å²) in [5, 5.41) is 5.96. The highest BCUT2D eigenvalue weighted by Gasteiger charge is 2.26. The lowest BCUT2D eigenvalue weighted by atomic mass is 9.92. The quantitative estimate of drug-likeness (QED) is 0.683. The van der Waals surface area contributed by atoms with Gasteiger partial charge < -0.3 is 16.4 Å². The Balaban J connectivity index is 2.87. The topological polar surface area (TPSA) is 84.2 Å². The van der Waals surface area contributed by atoms with Crippen molar-refractivity contribution in [3.8, 4) is 0 Å². The molecule has 0 spiro atoms. The van der Waals surface area contributed by atoms with Gasteiger partial charge in [-0.3, -0.25) is 9.59 Å². The maximum Gasteiger partial charge on any atom is 0.251 e. The summed E-state index contributed by atoms with van der Waals surface area (Å²) in [6.07, 6.45) is 2.05. The van der Waals surface area contributed by atoms with Crippen molar-refractivity contribution < 1.29 is 9.59 Å². The molecule has 0 aliphatic carbocycles. The highest BCUT2D eigenvalue weighted by molar-refractivity contribution is 5.97. The molecule has 0 unspecified atom stereocenters. The van der Waals surface area contributed by atoms with Crippen LogP contribution in [-0.2, 0) is 4.79 Å². The summed E-state index contributed by atoms with van der Waals surface area (Å²) in [4.78, 5) is 24.4. The molecular weight excluding hydrogens is 302 g/mol. The molecule has 0 fully saturated rings. The van der Waals surface area contributed by atoms with E-state index in [1.165, 1.54) is 0 Å². The van der Waals surface area contributed by atoms with E-state index in [0.29, 0.717) is 24.4 Å². The zero-order valence-corrected chi connectivity index (χ0v) is 15.5. The molecule has 134 valence electrons. The van der Waals surface area contributed by atoms with E-state index in [1.54, 1.807) is 18.2 Å². The fourth-order valence-electron chi connectivity index (χ4n) is 2.60. The fraction of sp³-hybridized carbons (Fsp3) is 0.579. The molecular formula is C19H31N3O2. The van der Waals surface area contributed by atoms with Crippen molar-refractivity contribution in [3.63, 3.8) is 0 Å². The summed E-state index contributed by atoms with van der Waals surface area (Å²) >= 11 is 0. The molecule has 0 saturated carbocycles. The molecule has 1 aromatic rings. The third-order valence-corrected chi connectivity index (χ3v) is 4.48. The van der Waals surface area contributed by atoms with Crippen LogP contribution in [0.5, 0.6) is 0 Å². The Morgan fingerprint density at radius 2 is 1.83 bits per heavy atom. The average Bonchev–Trinajstić information content (AvgIpc) is 2.53. The second-order valence-electron chi connectivity index (χ2n) is 6.82. The molecule has 0 aromatic heterocycles. The Kier molecular flexibility index (Phi) is 7.42. The van der Waals surface area contributed by atoms with Crippen molar-refractivity contribution in [1.82, 2.24) is 5.32 Å². The minimum Gasteiger partial charge on any atom is -0.345 e. The molecule has 5 heteroatoms. The maximum absolute atomic E-state index is 12.5. The number of carbonyl (C=O) groups is 2. The minimum absolute atomic E-state index is 0.00980. The number of nitrogens with one attached hydrogen (secondary N) is 2. The monoisotopic (exact) mass is 333 g/mol. The first-order valence-corrected chi connectivity index (χ1v) is 8.70. The predicted molar refractivity (Wildman–Crippen MR) is 99.1 cm³/mol. The normalized spacial score (nSPS) is 11.5. The number of aryl methyl sites for hydroxylation is 1. The summed E-state index contributed by atoms with van der Waals surface area (Å²) in [5.41, 5.74) is 7.66. The molecule has 5 nitrogen and oxygen atoms in total. The molecule has 1 rings (SSSR count). The van der Waals surface area contributed by atoms with E-state index in [1.807, 2.05) is 34.6 Å². The molecule has 0 heterocycles. The summed E-state index contributed by atoms with van der Waals surface area (Å²) in [7, 11) is 0. The number of anilines is 1. The van der Waals surface area contributed by atoms with Gasteiger partial charge in [0.1, 0.15) is 0 Å². The molecule has 2 amide bonds. The highest BCUT2D eigenvalue weighted by atomic mass is 16.2. The summed E-state index contributed by atoms with van der Waals surface area (Å²) in [6.45, 7) is 10.4. The molecule has 4 N–H and O–H groups in total. The van der Waals surface area contributed by atoms with Gasteiger partial charge in [-0.05, 0) is 49.4 Å². The first-order chi connectivity index (χ1) is 11.3. The standard InChI is InChI=1S/C19H31N3O2/c1-6-19(7-2,12-20)22-18(24)15-8-9-16(14(5)11-15)21-17(23)10-13(3)4/h8-9,11,13H,6-7,10,12,20H2,1-5H3,(H,21,23)(H,22,24). The van der Waals surface area contributed by atoms with Crippen molar-refractivity contribution in [2.75, 3.05) is 11.9 Å². The van der Waals surface area contributed by atoms with Crippen molar-refractivity contribution in [1.29, 1.82) is 0 Å². The van der Waals surface area contributed by atoms with Gasteiger partial charge >= 0.3 is 0 Å². The van der Waals surface area contributed by atoms with Gasteiger partial charge in [-0.15, -0.1) is 0 Å². The minimum atomic E-state index is -0.366. The largest absolute Gasteiger partial charge is 0.345 e. The number of rotatable bonds is 8. The van der Waals surface area contributed by atoms with Crippen LogP contribution in [-0.4, -0.2) is 23.9 Å². The van der Waals surface area contributed by atoms with Crippen LogP contribution in [0.15, 0.2) is 18.2 Å². The number of amides is 2. The molecule has 0 atom stereocenters. The lowest BCUT2D eigenvalue weighted by Gasteiger charge is -2.31. The Hall–Kier alpha value is -1.88. The van der Waals surface area contributed by atoms with E-state index in [4.69, 9.17) is 5.73 Å². The van der Waals surface area contributed by atoms with Crippen molar-refractivity contribution in [3.05, 3.63) is 29.3 Å². The molecule has 0 aliphatic rings. The Morgan fingerprint density at radius 1 is 1.21 bits per heavy atom. The summed E-state index contributed by atoms with van der Waals surface area (Å²) in [6, 6.07) is 5.32. The van der Waals surface area contributed by atoms with Gasteiger partial charge in [0.05, 0.1) is 5.54 Å². The van der Waals surface area contributed by atoms with Crippen molar-refractivity contribution >= 4 is 17.5 Å². The van der Waals surface area contributed by atoms with Crippen molar-refractivity contribution in [2.45, 2.75) is 59.4 Å². The number of nitrogens with two attached hydrogens (primary N) is 1. The summed E-state index contributed by atoms with van der Waals surface area (Å²) < 4.78 is 0. The van der Waals surface area contributed by atoms with Crippen LogP contribution in [0.3, 0.4) is 0 Å². The molecule has 0 radical (unpaired) electrons. The van der Waals surface area contributed by atoms with Crippen LogP contribution in [0.1, 0.15) is 62.9 Å². The molecule has 0 bridgehead atoms. The molecule has 0 aliphatic heterocycles. The van der Waals surface area contributed by atoms with E-state index >= 15 is 0 Å². The lowest BCUT2D eigenvalue weighted by molar-refractivity contribution is -0.116. The second-order valence-corrected chi connectivity index (χ2v) is 6.82. The van der Waals surface area contributed by atoms with E-state index in [2.05, 4.69) is 10.6 Å².